The molecule has 2 unspecified atom stereocenters. The highest BCUT2D eigenvalue weighted by atomic mass is 19.3. The van der Waals surface area contributed by atoms with Crippen molar-refractivity contribution in [1.29, 1.82) is 0 Å². The van der Waals surface area contributed by atoms with E-state index < -0.39 is 6.08 Å². The molecule has 0 N–H and O–H groups in total. The van der Waals surface area contributed by atoms with Crippen LogP contribution in [0.3, 0.4) is 0 Å². The number of hydrogen-bond acceptors (Lipinski definition) is 0. The molecule has 1 aliphatic rings. The molecule has 1 rings (SSSR count). The number of hydrogen-bond donors (Lipinski definition) is 0. The molecule has 0 radical (unpaired) electrons. The fraction of sp³-hybridized carbons (Fsp3) is 0.800. The molecule has 0 aromatic rings. The van der Waals surface area contributed by atoms with Gasteiger partial charge in [-0.25, -0.2) is 0 Å². The van der Waals surface area contributed by atoms with Gasteiger partial charge in [-0.2, -0.15) is 8.78 Å². The van der Waals surface area contributed by atoms with Gasteiger partial charge in [0.25, 0.3) is 6.08 Å². The zero-order valence-corrected chi connectivity index (χ0v) is 7.90. The summed E-state index contributed by atoms with van der Waals surface area (Å²) in [5, 5.41) is 0. The van der Waals surface area contributed by atoms with E-state index in [1.807, 2.05) is 0 Å². The molecule has 70 valence electrons. The minimum Gasteiger partial charge on any atom is -0.173 e. The van der Waals surface area contributed by atoms with E-state index in [9.17, 15) is 8.78 Å². The van der Waals surface area contributed by atoms with Crippen molar-refractivity contribution < 1.29 is 8.78 Å². The Morgan fingerprint density at radius 3 is 2.17 bits per heavy atom. The zero-order valence-electron chi connectivity index (χ0n) is 7.90. The number of halogens is 2. The van der Waals surface area contributed by atoms with Gasteiger partial charge in [-0.3, -0.25) is 0 Å². The molecule has 1 aliphatic carbocycles. The molecule has 0 spiro atoms. The van der Waals surface area contributed by atoms with Crippen molar-refractivity contribution in [3.63, 3.8) is 0 Å². The third-order valence-electron chi connectivity index (χ3n) is 2.90. The van der Waals surface area contributed by atoms with Gasteiger partial charge in [0.2, 0.25) is 0 Å². The minimum absolute atomic E-state index is 0.390. The Morgan fingerprint density at radius 2 is 1.92 bits per heavy atom. The highest BCUT2D eigenvalue weighted by Crippen LogP contribution is 2.41. The number of allylic oxidation sites excluding steroid dienone is 1. The molecule has 0 aromatic carbocycles. The molecule has 2 heteroatoms. The third-order valence-corrected chi connectivity index (χ3v) is 2.90. The normalized spacial score (nSPS) is 30.0. The van der Waals surface area contributed by atoms with Crippen LogP contribution < -0.4 is 0 Å². The summed E-state index contributed by atoms with van der Waals surface area (Å²) in [5.41, 5.74) is 0.390. The van der Waals surface area contributed by atoms with Crippen LogP contribution in [-0.2, 0) is 0 Å². The lowest BCUT2D eigenvalue weighted by Crippen LogP contribution is -2.10. The minimum atomic E-state index is -1.44. The highest BCUT2D eigenvalue weighted by molar-refractivity contribution is 5.11. The summed E-state index contributed by atoms with van der Waals surface area (Å²) in [6.45, 7) is 6.29. The van der Waals surface area contributed by atoms with Crippen LogP contribution in [0.2, 0.25) is 0 Å². The van der Waals surface area contributed by atoms with Gasteiger partial charge in [-0.1, -0.05) is 20.8 Å². The second kappa shape index (κ2) is 3.55. The summed E-state index contributed by atoms with van der Waals surface area (Å²) >= 11 is 0. The van der Waals surface area contributed by atoms with Gasteiger partial charge in [0, 0.05) is 0 Å². The fourth-order valence-corrected chi connectivity index (χ4v) is 2.16. The molecule has 0 aromatic heterocycles. The van der Waals surface area contributed by atoms with Crippen molar-refractivity contribution in [3.05, 3.63) is 11.7 Å². The fourth-order valence-electron chi connectivity index (χ4n) is 2.16. The molecule has 0 heterocycles. The lowest BCUT2D eigenvalue weighted by Gasteiger charge is -2.18. The van der Waals surface area contributed by atoms with Crippen molar-refractivity contribution in [1.82, 2.24) is 0 Å². The summed E-state index contributed by atoms with van der Waals surface area (Å²) in [5.74, 6) is 1.42. The molecular formula is C10H16F2. The molecule has 0 saturated heterocycles. The molecule has 0 nitrogen and oxygen atoms in total. The van der Waals surface area contributed by atoms with Crippen LogP contribution in [0.4, 0.5) is 8.78 Å². The SMILES string of the molecule is CC(C)C1CC(=C(F)F)CC1C. The Hall–Kier alpha value is -0.400. The van der Waals surface area contributed by atoms with Crippen molar-refractivity contribution >= 4 is 0 Å². The predicted molar refractivity (Wildman–Crippen MR) is 46.0 cm³/mol. The second-order valence-corrected chi connectivity index (χ2v) is 4.16. The Bertz CT molecular complexity index is 190. The van der Waals surface area contributed by atoms with Gasteiger partial charge < -0.3 is 0 Å². The lowest BCUT2D eigenvalue weighted by molar-refractivity contribution is 0.315. The Balaban J connectivity index is 2.69. The molecule has 0 amide bonds. The highest BCUT2D eigenvalue weighted by Gasteiger charge is 2.31. The first-order valence-electron chi connectivity index (χ1n) is 4.55. The third kappa shape index (κ3) is 1.85. The first kappa shape index (κ1) is 9.69. The van der Waals surface area contributed by atoms with E-state index in [-0.39, 0.29) is 0 Å². The van der Waals surface area contributed by atoms with Crippen LogP contribution >= 0.6 is 0 Å². The first-order valence-corrected chi connectivity index (χ1v) is 4.55. The van der Waals surface area contributed by atoms with Gasteiger partial charge in [-0.05, 0) is 36.2 Å². The lowest BCUT2D eigenvalue weighted by atomic mass is 9.87. The van der Waals surface area contributed by atoms with Gasteiger partial charge in [-0.15, -0.1) is 0 Å². The van der Waals surface area contributed by atoms with Crippen LogP contribution in [0.5, 0.6) is 0 Å². The van der Waals surface area contributed by atoms with Gasteiger partial charge in [0.05, 0.1) is 0 Å². The van der Waals surface area contributed by atoms with Gasteiger partial charge >= 0.3 is 0 Å². The Morgan fingerprint density at radius 1 is 1.33 bits per heavy atom. The summed E-state index contributed by atoms with van der Waals surface area (Å²) in [6, 6.07) is 0. The average molecular weight is 174 g/mol. The summed E-state index contributed by atoms with van der Waals surface area (Å²) in [7, 11) is 0. The van der Waals surface area contributed by atoms with Crippen molar-refractivity contribution in [2.24, 2.45) is 17.8 Å². The smallest absolute Gasteiger partial charge is 0.173 e. The predicted octanol–water partition coefficient (Wildman–Crippen LogP) is 3.84. The van der Waals surface area contributed by atoms with E-state index in [1.165, 1.54) is 0 Å². The molecule has 0 aliphatic heterocycles. The van der Waals surface area contributed by atoms with E-state index in [1.54, 1.807) is 0 Å². The van der Waals surface area contributed by atoms with E-state index in [4.69, 9.17) is 0 Å². The summed E-state index contributed by atoms with van der Waals surface area (Å²) < 4.78 is 24.5. The molecule has 2 atom stereocenters. The van der Waals surface area contributed by atoms with E-state index in [2.05, 4.69) is 20.8 Å². The average Bonchev–Trinajstić information content (AvgIpc) is 2.30. The van der Waals surface area contributed by atoms with Crippen LogP contribution in [0.1, 0.15) is 33.6 Å². The van der Waals surface area contributed by atoms with E-state index >= 15 is 0 Å². The van der Waals surface area contributed by atoms with Crippen molar-refractivity contribution in [2.45, 2.75) is 33.6 Å². The van der Waals surface area contributed by atoms with Crippen molar-refractivity contribution in [3.8, 4) is 0 Å². The summed E-state index contributed by atoms with van der Waals surface area (Å²) in [4.78, 5) is 0. The van der Waals surface area contributed by atoms with Crippen LogP contribution in [0, 0.1) is 17.8 Å². The molecule has 1 saturated carbocycles. The quantitative estimate of drug-likeness (QED) is 0.566. The molecule has 1 fully saturated rings. The van der Waals surface area contributed by atoms with E-state index in [0.717, 1.165) is 0 Å². The Kier molecular flexibility index (Phi) is 2.86. The summed E-state index contributed by atoms with van der Waals surface area (Å²) in [6.07, 6.45) is -0.225. The first-order chi connectivity index (χ1) is 5.52. The van der Waals surface area contributed by atoms with Crippen LogP contribution in [0.25, 0.3) is 0 Å². The standard InChI is InChI=1S/C10H16F2/c1-6(2)9-5-8(10(11)12)4-7(9)3/h6-7,9H,4-5H2,1-3H3. The zero-order chi connectivity index (χ0) is 9.30. The maximum absolute atomic E-state index is 12.2. The molecular weight excluding hydrogens is 158 g/mol. The topological polar surface area (TPSA) is 0 Å². The maximum Gasteiger partial charge on any atom is 0.269 e. The van der Waals surface area contributed by atoms with Crippen molar-refractivity contribution in [2.75, 3.05) is 0 Å². The monoisotopic (exact) mass is 174 g/mol. The van der Waals surface area contributed by atoms with E-state index in [0.29, 0.717) is 36.2 Å². The van der Waals surface area contributed by atoms with Crippen LogP contribution in [0.15, 0.2) is 11.7 Å². The van der Waals surface area contributed by atoms with Gasteiger partial charge in [0.15, 0.2) is 0 Å². The molecule has 0 bridgehead atoms. The molecule has 12 heavy (non-hydrogen) atoms. The largest absolute Gasteiger partial charge is 0.269 e. The second-order valence-electron chi connectivity index (χ2n) is 4.16. The number of rotatable bonds is 1. The van der Waals surface area contributed by atoms with Gasteiger partial charge in [0.1, 0.15) is 0 Å². The maximum atomic E-state index is 12.2. The Labute approximate surface area is 72.7 Å². The van der Waals surface area contributed by atoms with Crippen LogP contribution in [-0.4, -0.2) is 0 Å².